The zero-order valence-electron chi connectivity index (χ0n) is 24.7. The molecular weight excluding hydrogens is 548 g/mol. The monoisotopic (exact) mass is 595 g/mol. The van der Waals surface area contributed by atoms with Crippen molar-refractivity contribution >= 4 is 15.9 Å². The predicted molar refractivity (Wildman–Crippen MR) is 152 cm³/mol. The van der Waals surface area contributed by atoms with Gasteiger partial charge in [0.2, 0.25) is 5.91 Å². The second kappa shape index (κ2) is 11.2. The summed E-state index contributed by atoms with van der Waals surface area (Å²) in [6.45, 7) is 8.72. The molecule has 0 saturated heterocycles. The first kappa shape index (κ1) is 30.9. The van der Waals surface area contributed by atoms with Gasteiger partial charge in [0.15, 0.2) is 0 Å². The number of benzene rings is 1. The van der Waals surface area contributed by atoms with Crippen LogP contribution in [0.15, 0.2) is 29.2 Å². The van der Waals surface area contributed by atoms with Crippen molar-refractivity contribution < 1.29 is 32.2 Å². The molecule has 0 bridgehead atoms. The third kappa shape index (κ3) is 5.16. The molecule has 4 aliphatic rings. The van der Waals surface area contributed by atoms with Gasteiger partial charge < -0.3 is 10.2 Å². The zero-order valence-corrected chi connectivity index (χ0v) is 25.5. The van der Waals surface area contributed by atoms with Crippen molar-refractivity contribution in [3.05, 3.63) is 30.1 Å². The van der Waals surface area contributed by atoms with Crippen LogP contribution in [0.1, 0.15) is 85.5 Å². The van der Waals surface area contributed by atoms with E-state index in [1.807, 2.05) is 6.92 Å². The molecule has 6 nitrogen and oxygen atoms in total. The number of sulfonamides is 1. The standard InChI is InChI=1S/C32H47F2NO5S/c1-5-21-28-29(34)25(36)14-16-32(28,4)24-13-15-31(3)22(10-11-23(31)27(24)30(21)38)18(2)9-12-26(37)35-41(39,40)20-8-6-7-19(33)17-20/h6-8,17-18,21-25,27-30,36,38H,5,9-16H2,1-4H3,(H,35,37)/t18-,21-,22?,23?,24?,25-,27?,28?,29+,30-,31-,32-/m1/s1. The molecule has 0 radical (unpaired) electrons. The summed E-state index contributed by atoms with van der Waals surface area (Å²) < 4.78 is 56.3. The molecule has 0 aromatic heterocycles. The van der Waals surface area contributed by atoms with Crippen LogP contribution in [0, 0.1) is 58.1 Å². The van der Waals surface area contributed by atoms with Gasteiger partial charge in [-0.3, -0.25) is 4.79 Å². The number of aliphatic hydroxyl groups excluding tert-OH is 2. The fourth-order valence-electron chi connectivity index (χ4n) is 10.4. The smallest absolute Gasteiger partial charge is 0.264 e. The Balaban J connectivity index is 1.28. The normalized spacial score (nSPS) is 43.0. The fraction of sp³-hybridized carbons (Fsp3) is 0.781. The number of hydrogen-bond donors (Lipinski definition) is 3. The third-order valence-corrected chi connectivity index (χ3v) is 13.7. The van der Waals surface area contributed by atoms with E-state index in [0.717, 1.165) is 44.2 Å². The molecule has 4 fully saturated rings. The van der Waals surface area contributed by atoms with E-state index < -0.39 is 40.1 Å². The minimum Gasteiger partial charge on any atom is -0.393 e. The van der Waals surface area contributed by atoms with E-state index in [-0.39, 0.29) is 51.7 Å². The molecule has 1 amide bonds. The summed E-state index contributed by atoms with van der Waals surface area (Å²) in [5.41, 5.74) is -0.254. The largest absolute Gasteiger partial charge is 0.393 e. The summed E-state index contributed by atoms with van der Waals surface area (Å²) in [6, 6.07) is 4.59. The molecule has 3 N–H and O–H groups in total. The summed E-state index contributed by atoms with van der Waals surface area (Å²) in [4.78, 5) is 12.4. The molecule has 12 atom stereocenters. The number of fused-ring (bicyclic) bond motifs is 5. The lowest BCUT2D eigenvalue weighted by molar-refractivity contribution is -0.222. The first-order chi connectivity index (χ1) is 19.2. The third-order valence-electron chi connectivity index (χ3n) is 12.3. The van der Waals surface area contributed by atoms with E-state index in [9.17, 15) is 27.8 Å². The first-order valence-electron chi connectivity index (χ1n) is 15.6. The maximum absolute atomic E-state index is 15.6. The second-order valence-corrected chi connectivity index (χ2v) is 15.8. The van der Waals surface area contributed by atoms with Crippen molar-refractivity contribution in [2.45, 2.75) is 109 Å². The molecule has 0 heterocycles. The summed E-state index contributed by atoms with van der Waals surface area (Å²) in [6.07, 6.45) is 3.60. The number of hydrogen-bond acceptors (Lipinski definition) is 5. The Morgan fingerprint density at radius 1 is 1.10 bits per heavy atom. The molecule has 4 aliphatic carbocycles. The highest BCUT2D eigenvalue weighted by atomic mass is 32.2. The van der Waals surface area contributed by atoms with Crippen molar-refractivity contribution in [3.8, 4) is 0 Å². The summed E-state index contributed by atoms with van der Waals surface area (Å²) in [7, 11) is -4.14. The molecule has 9 heteroatoms. The molecule has 4 saturated carbocycles. The van der Waals surface area contributed by atoms with Gasteiger partial charge in [0.1, 0.15) is 12.0 Å². The minimum atomic E-state index is -4.14. The predicted octanol–water partition coefficient (Wildman–Crippen LogP) is 5.62. The van der Waals surface area contributed by atoms with Crippen molar-refractivity contribution in [2.24, 2.45) is 52.3 Å². The number of nitrogens with one attached hydrogen (secondary N) is 1. The SMILES string of the molecule is CC[C@@H]1C2[C@@H](F)[C@H](O)CC[C@]2(C)C2CC[C@@]3(C)C(CCC3[C@H](C)CCC(=O)NS(=O)(=O)c3cccc(F)c3)C2[C@@H]1O. The summed E-state index contributed by atoms with van der Waals surface area (Å²) >= 11 is 0. The number of aliphatic hydroxyl groups is 2. The molecular formula is C32H47F2NO5S. The maximum atomic E-state index is 15.6. The van der Waals surface area contributed by atoms with Gasteiger partial charge in [0, 0.05) is 12.3 Å². The quantitative estimate of drug-likeness (QED) is 0.380. The number of halogens is 2. The van der Waals surface area contributed by atoms with Gasteiger partial charge in [-0.15, -0.1) is 0 Å². The maximum Gasteiger partial charge on any atom is 0.264 e. The van der Waals surface area contributed by atoms with Crippen LogP contribution in [0.25, 0.3) is 0 Å². The fourth-order valence-corrected chi connectivity index (χ4v) is 11.5. The Kier molecular flexibility index (Phi) is 8.40. The Labute approximate surface area is 243 Å². The van der Waals surface area contributed by atoms with Crippen LogP contribution in [-0.2, 0) is 14.8 Å². The molecule has 5 rings (SSSR count). The summed E-state index contributed by atoms with van der Waals surface area (Å²) in [5, 5.41) is 22.2. The zero-order chi connectivity index (χ0) is 29.9. The van der Waals surface area contributed by atoms with Gasteiger partial charge in [-0.25, -0.2) is 21.9 Å². The lowest BCUT2D eigenvalue weighted by atomic mass is 9.41. The highest BCUT2D eigenvalue weighted by Gasteiger charge is 2.66. The summed E-state index contributed by atoms with van der Waals surface area (Å²) in [5.74, 6) is -0.641. The molecule has 0 aliphatic heterocycles. The average Bonchev–Trinajstić information content (AvgIpc) is 3.27. The van der Waals surface area contributed by atoms with Crippen molar-refractivity contribution in [1.82, 2.24) is 4.72 Å². The van der Waals surface area contributed by atoms with E-state index in [2.05, 4.69) is 25.5 Å². The molecule has 0 spiro atoms. The van der Waals surface area contributed by atoms with Gasteiger partial charge >= 0.3 is 0 Å². The average molecular weight is 596 g/mol. The van der Waals surface area contributed by atoms with Gasteiger partial charge in [0.25, 0.3) is 10.0 Å². The van der Waals surface area contributed by atoms with Crippen molar-refractivity contribution in [3.63, 3.8) is 0 Å². The van der Waals surface area contributed by atoms with E-state index in [1.165, 1.54) is 12.1 Å². The van der Waals surface area contributed by atoms with Crippen LogP contribution < -0.4 is 4.72 Å². The molecule has 41 heavy (non-hydrogen) atoms. The Bertz CT molecular complexity index is 1240. The van der Waals surface area contributed by atoms with E-state index in [4.69, 9.17) is 0 Å². The topological polar surface area (TPSA) is 104 Å². The Morgan fingerprint density at radius 3 is 2.46 bits per heavy atom. The van der Waals surface area contributed by atoms with Crippen LogP contribution in [0.4, 0.5) is 8.78 Å². The second-order valence-electron chi connectivity index (χ2n) is 14.2. The van der Waals surface area contributed by atoms with Crippen LogP contribution >= 0.6 is 0 Å². The first-order valence-corrected chi connectivity index (χ1v) is 17.0. The van der Waals surface area contributed by atoms with Crippen molar-refractivity contribution in [2.75, 3.05) is 0 Å². The Hall–Kier alpha value is -1.58. The number of carbonyl (C=O) groups is 1. The lowest BCUT2D eigenvalue weighted by Gasteiger charge is -2.65. The molecule has 1 aromatic carbocycles. The van der Waals surface area contributed by atoms with E-state index in [1.54, 1.807) is 0 Å². The number of amides is 1. The minimum absolute atomic E-state index is 0.0174. The van der Waals surface area contributed by atoms with Crippen LogP contribution in [0.2, 0.25) is 0 Å². The van der Waals surface area contributed by atoms with Gasteiger partial charge in [-0.1, -0.05) is 40.2 Å². The molecule has 1 aromatic rings. The lowest BCUT2D eigenvalue weighted by Crippen LogP contribution is -2.65. The van der Waals surface area contributed by atoms with Gasteiger partial charge in [-0.2, -0.15) is 0 Å². The highest BCUT2D eigenvalue weighted by molar-refractivity contribution is 7.90. The molecule has 230 valence electrons. The number of rotatable bonds is 7. The van der Waals surface area contributed by atoms with Gasteiger partial charge in [0.05, 0.1) is 17.1 Å². The number of alkyl halides is 1. The number of carbonyl (C=O) groups excluding carboxylic acids is 1. The van der Waals surface area contributed by atoms with Crippen molar-refractivity contribution in [1.29, 1.82) is 0 Å². The highest BCUT2D eigenvalue weighted by Crippen LogP contribution is 2.69. The van der Waals surface area contributed by atoms with E-state index >= 15 is 4.39 Å². The van der Waals surface area contributed by atoms with E-state index in [0.29, 0.717) is 31.1 Å². The van der Waals surface area contributed by atoms with Gasteiger partial charge in [-0.05, 0) is 109 Å². The van der Waals surface area contributed by atoms with Crippen LogP contribution in [-0.4, -0.2) is 42.9 Å². The van der Waals surface area contributed by atoms with Crippen LogP contribution in [0.5, 0.6) is 0 Å². The molecule has 5 unspecified atom stereocenters. The Morgan fingerprint density at radius 2 is 1.78 bits per heavy atom. The van der Waals surface area contributed by atoms with Crippen LogP contribution in [0.3, 0.4) is 0 Å².